The lowest BCUT2D eigenvalue weighted by Crippen LogP contribution is -2.54. The summed E-state index contributed by atoms with van der Waals surface area (Å²) in [7, 11) is -3.92. The Kier molecular flexibility index (Phi) is 11.7. The van der Waals surface area contributed by atoms with Crippen LogP contribution in [0.15, 0.2) is 87.3 Å². The lowest BCUT2D eigenvalue weighted by atomic mass is 9.64. The number of Topliss-reactive ketones (excluding diaryl/α,β-unsaturated/α-hetero) is 1. The van der Waals surface area contributed by atoms with Gasteiger partial charge in [0.1, 0.15) is 10.0 Å². The lowest BCUT2D eigenvalue weighted by Gasteiger charge is -2.46. The van der Waals surface area contributed by atoms with E-state index >= 15 is 0 Å². The second-order valence-electron chi connectivity index (χ2n) is 14.3. The molecule has 1 fully saturated rings. The monoisotopic (exact) mass is 769 g/mol. The van der Waals surface area contributed by atoms with Crippen molar-refractivity contribution in [1.29, 1.82) is 0 Å². The smallest absolute Gasteiger partial charge is 0.252 e. The molecule has 6 nitrogen and oxygen atoms in total. The number of carbonyl (C=O) groups excluding carboxylic acids is 1. The van der Waals surface area contributed by atoms with Crippen LogP contribution in [0.1, 0.15) is 90.2 Å². The van der Waals surface area contributed by atoms with E-state index < -0.39 is 33.0 Å². The highest BCUT2D eigenvalue weighted by Gasteiger charge is 2.58. The van der Waals surface area contributed by atoms with Crippen LogP contribution in [-0.2, 0) is 29.3 Å². The number of nitrogens with zero attached hydrogens (tertiary/aromatic N) is 1. The molecule has 2 N–H and O–H groups in total. The molecule has 0 aliphatic heterocycles. The van der Waals surface area contributed by atoms with Gasteiger partial charge in [0.2, 0.25) is 0 Å². The first-order chi connectivity index (χ1) is 24.3. The van der Waals surface area contributed by atoms with Crippen molar-refractivity contribution in [2.45, 2.75) is 93.5 Å². The van der Waals surface area contributed by atoms with Crippen LogP contribution in [0.3, 0.4) is 0 Å². The van der Waals surface area contributed by atoms with Gasteiger partial charge >= 0.3 is 0 Å². The van der Waals surface area contributed by atoms with Gasteiger partial charge in [0, 0.05) is 46.0 Å². The Bertz CT molecular complexity index is 1960. The van der Waals surface area contributed by atoms with Crippen LogP contribution in [0.5, 0.6) is 0 Å². The van der Waals surface area contributed by atoms with E-state index in [2.05, 4.69) is 13.0 Å². The number of rotatable bonds is 10. The molecule has 3 aliphatic rings. The predicted octanol–water partition coefficient (Wildman–Crippen LogP) is 9.00. The fourth-order valence-corrected chi connectivity index (χ4v) is 11.6. The first kappa shape index (κ1) is 38.0. The van der Waals surface area contributed by atoms with E-state index in [1.54, 1.807) is 34.9 Å². The Morgan fingerprint density at radius 2 is 1.84 bits per heavy atom. The van der Waals surface area contributed by atoms with Crippen LogP contribution < -0.4 is 0 Å². The maximum absolute atomic E-state index is 14.9. The Morgan fingerprint density at radius 3 is 2.57 bits per heavy atom. The Labute approximate surface area is 313 Å². The summed E-state index contributed by atoms with van der Waals surface area (Å²) in [5.41, 5.74) is 0.965. The molecular formula is C40H45ClFNO5S3. The van der Waals surface area contributed by atoms with E-state index in [1.165, 1.54) is 16.4 Å². The summed E-state index contributed by atoms with van der Waals surface area (Å²) in [6.45, 7) is 4.21. The zero-order chi connectivity index (χ0) is 36.4. The van der Waals surface area contributed by atoms with E-state index in [0.29, 0.717) is 56.9 Å². The molecule has 2 aromatic heterocycles. The molecule has 4 atom stereocenters. The first-order valence-electron chi connectivity index (χ1n) is 17.5. The minimum absolute atomic E-state index is 0.0906. The second kappa shape index (κ2) is 15.7. The molecule has 11 heteroatoms. The zero-order valence-electron chi connectivity index (χ0n) is 29.0. The number of allylic oxidation sites excluding steroid dienone is 2. The molecule has 272 valence electrons. The van der Waals surface area contributed by atoms with Crippen molar-refractivity contribution in [3.05, 3.63) is 121 Å². The number of aliphatic hydroxyl groups is 2. The second-order valence-corrected chi connectivity index (χ2v) is 18.9. The molecule has 0 radical (unpaired) electrons. The van der Waals surface area contributed by atoms with E-state index in [0.717, 1.165) is 32.9 Å². The third-order valence-corrected chi connectivity index (χ3v) is 15.6. The van der Waals surface area contributed by atoms with E-state index in [4.69, 9.17) is 11.6 Å². The third kappa shape index (κ3) is 8.12. The van der Waals surface area contributed by atoms with Crippen molar-refractivity contribution < 1.29 is 27.8 Å². The van der Waals surface area contributed by atoms with Gasteiger partial charge in [0.15, 0.2) is 5.78 Å². The van der Waals surface area contributed by atoms with Crippen molar-refractivity contribution in [2.75, 3.05) is 13.1 Å². The average Bonchev–Trinajstić information content (AvgIpc) is 3.87. The summed E-state index contributed by atoms with van der Waals surface area (Å²) < 4.78 is 45.0. The molecule has 0 saturated heterocycles. The Morgan fingerprint density at radius 1 is 1.06 bits per heavy atom. The number of halogens is 2. The molecule has 2 heterocycles. The first-order valence-corrected chi connectivity index (χ1v) is 21.1. The van der Waals surface area contributed by atoms with E-state index in [-0.39, 0.29) is 46.0 Å². The number of ketones is 1. The van der Waals surface area contributed by atoms with Crippen molar-refractivity contribution in [3.63, 3.8) is 0 Å². The highest BCUT2D eigenvalue weighted by Crippen LogP contribution is 2.59. The fourth-order valence-electron chi connectivity index (χ4n) is 8.00. The summed E-state index contributed by atoms with van der Waals surface area (Å²) in [5.74, 6) is -1.16. The summed E-state index contributed by atoms with van der Waals surface area (Å²) >= 11 is 9.11. The maximum Gasteiger partial charge on any atom is 0.252 e. The van der Waals surface area contributed by atoms with Crippen LogP contribution in [-0.4, -0.2) is 53.5 Å². The SMILES string of the molecule is CC1=CCC[C@@]2(C)[C@@H](CC[C@@]2(O)CN(CCc2cccs2)S(=O)(=O)c2cccs2)c2ccc(cc2C(=O)Cc2c(F)cccc2Cl)C[C@@H](O)CC1. The van der Waals surface area contributed by atoms with Gasteiger partial charge in [0.25, 0.3) is 10.0 Å². The normalized spacial score (nSPS) is 24.3. The van der Waals surface area contributed by atoms with Gasteiger partial charge in [-0.2, -0.15) is 4.31 Å². The number of sulfonamides is 1. The number of hydrogen-bond donors (Lipinski definition) is 2. The minimum atomic E-state index is -3.92. The molecule has 0 amide bonds. The quantitative estimate of drug-likeness (QED) is 0.124. The summed E-state index contributed by atoms with van der Waals surface area (Å²) in [6.07, 6.45) is 5.49. The van der Waals surface area contributed by atoms with Crippen LogP contribution in [0, 0.1) is 11.2 Å². The molecule has 2 bridgehead atoms. The molecule has 4 aromatic rings. The van der Waals surface area contributed by atoms with Gasteiger partial charge in [-0.15, -0.1) is 22.7 Å². The van der Waals surface area contributed by atoms with Crippen molar-refractivity contribution in [3.8, 4) is 0 Å². The van der Waals surface area contributed by atoms with Crippen LogP contribution in [0.4, 0.5) is 4.39 Å². The molecule has 1 saturated carbocycles. The molecule has 0 spiro atoms. The predicted molar refractivity (Wildman–Crippen MR) is 204 cm³/mol. The van der Waals surface area contributed by atoms with Gasteiger partial charge in [-0.1, -0.05) is 60.5 Å². The molecule has 7 rings (SSSR count). The van der Waals surface area contributed by atoms with E-state index in [1.807, 2.05) is 42.6 Å². The summed E-state index contributed by atoms with van der Waals surface area (Å²) in [5, 5.41) is 27.7. The average molecular weight is 770 g/mol. The largest absolute Gasteiger partial charge is 0.393 e. The number of benzene rings is 2. The van der Waals surface area contributed by atoms with Crippen LogP contribution in [0.2, 0.25) is 5.02 Å². The van der Waals surface area contributed by atoms with Crippen molar-refractivity contribution in [1.82, 2.24) is 4.31 Å². The van der Waals surface area contributed by atoms with Crippen molar-refractivity contribution in [2.24, 2.45) is 5.41 Å². The van der Waals surface area contributed by atoms with E-state index in [9.17, 15) is 27.8 Å². The molecule has 0 unspecified atom stereocenters. The van der Waals surface area contributed by atoms with Gasteiger partial charge in [-0.05, 0) is 116 Å². The number of thiophene rings is 2. The fraction of sp³-hybridized carbons (Fsp3) is 0.425. The van der Waals surface area contributed by atoms with Crippen LogP contribution in [0.25, 0.3) is 0 Å². The topological polar surface area (TPSA) is 94.9 Å². The minimum Gasteiger partial charge on any atom is -0.393 e. The standard InChI is InChI=1S/C40H45ClFNO5S3/c1-27-7-4-18-39(2)34(16-19-40(39,46)26-43(20-17-30-8-5-21-49-30)51(47,48)38-11-6-22-50-38)31-15-13-28(23-29(44)14-12-27)24-32(31)37(45)25-33-35(41)9-3-10-36(33)42/h3,5-11,13,15,21-22,24,29,34,44,46H,4,12,14,16-20,23,25-26H2,1-2H3/t29-,34-,39-,40+/m0/s1. The van der Waals surface area contributed by atoms with Gasteiger partial charge < -0.3 is 10.2 Å². The zero-order valence-corrected chi connectivity index (χ0v) is 32.2. The molecular weight excluding hydrogens is 725 g/mol. The maximum atomic E-state index is 14.9. The van der Waals surface area contributed by atoms with Crippen LogP contribution >= 0.6 is 34.3 Å². The number of aliphatic hydroxyl groups excluding tert-OH is 1. The Balaban J connectivity index is 1.43. The number of fused-ring (bicyclic) bond motifs is 8. The summed E-state index contributed by atoms with van der Waals surface area (Å²) in [6, 6.07) is 17.3. The summed E-state index contributed by atoms with van der Waals surface area (Å²) in [4.78, 5) is 15.3. The molecule has 51 heavy (non-hydrogen) atoms. The number of carbonyl (C=O) groups is 1. The Hall–Kier alpha value is -2.70. The highest BCUT2D eigenvalue weighted by atomic mass is 35.5. The lowest BCUT2D eigenvalue weighted by molar-refractivity contribution is -0.0722. The molecule has 3 aliphatic carbocycles. The van der Waals surface area contributed by atoms with Gasteiger partial charge in [0.05, 0.1) is 11.7 Å². The highest BCUT2D eigenvalue weighted by molar-refractivity contribution is 7.91. The van der Waals surface area contributed by atoms with Gasteiger partial charge in [-0.25, -0.2) is 12.8 Å². The number of hydrogen-bond acceptors (Lipinski definition) is 7. The van der Waals surface area contributed by atoms with Gasteiger partial charge in [-0.3, -0.25) is 4.79 Å². The van der Waals surface area contributed by atoms with Crippen molar-refractivity contribution >= 4 is 50.1 Å². The molecule has 2 aromatic carbocycles. The third-order valence-electron chi connectivity index (χ3n) is 11.1.